The lowest BCUT2D eigenvalue weighted by atomic mass is 9.80. The number of aryl methyl sites for hydroxylation is 1. The molecule has 0 N–H and O–H groups in total. The van der Waals surface area contributed by atoms with Gasteiger partial charge in [0.15, 0.2) is 0 Å². The number of ether oxygens (including phenoxy) is 1. The monoisotopic (exact) mass is 453 g/mol. The van der Waals surface area contributed by atoms with E-state index in [-0.39, 0.29) is 12.6 Å². The van der Waals surface area contributed by atoms with Crippen LogP contribution in [-0.2, 0) is 13.0 Å². The summed E-state index contributed by atoms with van der Waals surface area (Å²) in [7, 11) is 1.72. The molecule has 4 aromatic rings. The second-order valence-corrected chi connectivity index (χ2v) is 9.38. The topological polar surface area (TPSA) is 29.8 Å². The highest BCUT2D eigenvalue weighted by Crippen LogP contribution is 2.41. The fourth-order valence-corrected chi connectivity index (χ4v) is 5.35. The first kappa shape index (κ1) is 21.1. The largest absolute Gasteiger partial charge is 0.497 e. The van der Waals surface area contributed by atoms with Crippen molar-refractivity contribution in [3.8, 4) is 5.75 Å². The zero-order valence-corrected chi connectivity index (χ0v) is 19.4. The Labute approximate surface area is 199 Å². The lowest BCUT2D eigenvalue weighted by Crippen LogP contribution is -2.46. The Morgan fingerprint density at radius 3 is 2.62 bits per heavy atom. The van der Waals surface area contributed by atoms with Crippen molar-refractivity contribution in [1.82, 2.24) is 14.5 Å². The SMILES string of the molecule is COc1ccc2c(c1)CCC(c1ccccc1)=C2c1ccc2cc(CN3CC(CF)C3)nn2c1. The van der Waals surface area contributed by atoms with Crippen LogP contribution in [-0.4, -0.2) is 41.4 Å². The summed E-state index contributed by atoms with van der Waals surface area (Å²) in [5, 5.41) is 4.86. The van der Waals surface area contributed by atoms with E-state index in [4.69, 9.17) is 9.84 Å². The number of rotatable bonds is 6. The summed E-state index contributed by atoms with van der Waals surface area (Å²) < 4.78 is 20.3. The number of alkyl halides is 1. The second-order valence-electron chi connectivity index (χ2n) is 9.38. The third-order valence-corrected chi connectivity index (χ3v) is 7.09. The summed E-state index contributed by atoms with van der Waals surface area (Å²) in [5.74, 6) is 1.09. The zero-order valence-electron chi connectivity index (χ0n) is 19.4. The number of methoxy groups -OCH3 is 1. The maximum atomic E-state index is 12.8. The van der Waals surface area contributed by atoms with Gasteiger partial charge in [-0.1, -0.05) is 42.5 Å². The Balaban J connectivity index is 1.42. The number of aromatic nitrogens is 2. The van der Waals surface area contributed by atoms with Gasteiger partial charge in [-0.25, -0.2) is 4.52 Å². The summed E-state index contributed by atoms with van der Waals surface area (Å²) >= 11 is 0. The number of nitrogens with zero attached hydrogens (tertiary/aromatic N) is 3. The first-order valence-corrected chi connectivity index (χ1v) is 11.9. The number of allylic oxidation sites excluding steroid dienone is 1. The number of benzene rings is 2. The standard InChI is InChI=1S/C29H28FN3O/c1-34-26-10-12-28-22(13-26)8-11-27(21-5-3-2-4-6-21)29(28)23-7-9-25-14-24(31-33(25)18-23)19-32-16-20(15-30)17-32/h2-7,9-10,12-14,18,20H,8,11,15-17,19H2,1H3. The number of pyridine rings is 1. The van der Waals surface area contributed by atoms with Crippen molar-refractivity contribution in [3.05, 3.63) is 101 Å². The average molecular weight is 454 g/mol. The molecule has 4 nitrogen and oxygen atoms in total. The van der Waals surface area contributed by atoms with Crippen molar-refractivity contribution in [1.29, 1.82) is 0 Å². The van der Waals surface area contributed by atoms with Crippen LogP contribution in [0.2, 0.25) is 0 Å². The van der Waals surface area contributed by atoms with Crippen molar-refractivity contribution < 1.29 is 9.13 Å². The summed E-state index contributed by atoms with van der Waals surface area (Å²) in [5.41, 5.74) is 9.74. The van der Waals surface area contributed by atoms with E-state index in [1.54, 1.807) is 7.11 Å². The predicted octanol–water partition coefficient (Wildman–Crippen LogP) is 5.65. The molecule has 2 aromatic heterocycles. The maximum Gasteiger partial charge on any atom is 0.119 e. The minimum absolute atomic E-state index is 0.192. The van der Waals surface area contributed by atoms with E-state index in [0.29, 0.717) is 0 Å². The molecule has 34 heavy (non-hydrogen) atoms. The molecule has 0 saturated carbocycles. The highest BCUT2D eigenvalue weighted by atomic mass is 19.1. The van der Waals surface area contributed by atoms with Gasteiger partial charge in [-0.05, 0) is 64.9 Å². The first-order chi connectivity index (χ1) is 16.7. The first-order valence-electron chi connectivity index (χ1n) is 11.9. The molecule has 1 saturated heterocycles. The lowest BCUT2D eigenvalue weighted by molar-refractivity contribution is 0.0725. The van der Waals surface area contributed by atoms with Crippen LogP contribution in [0.4, 0.5) is 4.39 Å². The van der Waals surface area contributed by atoms with Crippen LogP contribution in [0.5, 0.6) is 5.75 Å². The van der Waals surface area contributed by atoms with Gasteiger partial charge >= 0.3 is 0 Å². The summed E-state index contributed by atoms with van der Waals surface area (Å²) in [6.07, 6.45) is 4.12. The molecule has 1 aliphatic carbocycles. The number of hydrogen-bond donors (Lipinski definition) is 0. The Kier molecular flexibility index (Phi) is 5.42. The van der Waals surface area contributed by atoms with E-state index in [0.717, 1.165) is 55.0 Å². The molecule has 1 aliphatic heterocycles. The molecule has 1 fully saturated rings. The van der Waals surface area contributed by atoms with Crippen molar-refractivity contribution in [2.24, 2.45) is 5.92 Å². The van der Waals surface area contributed by atoms with Gasteiger partial charge in [-0.15, -0.1) is 0 Å². The highest BCUT2D eigenvalue weighted by Gasteiger charge is 2.27. The molecule has 2 aliphatic rings. The molecule has 3 heterocycles. The highest BCUT2D eigenvalue weighted by molar-refractivity contribution is 6.00. The van der Waals surface area contributed by atoms with Gasteiger partial charge in [-0.3, -0.25) is 9.29 Å². The van der Waals surface area contributed by atoms with E-state index in [2.05, 4.69) is 77.8 Å². The zero-order chi connectivity index (χ0) is 23.1. The van der Waals surface area contributed by atoms with Gasteiger partial charge < -0.3 is 4.74 Å². The van der Waals surface area contributed by atoms with Gasteiger partial charge in [0.2, 0.25) is 0 Å². The van der Waals surface area contributed by atoms with Crippen molar-refractivity contribution in [3.63, 3.8) is 0 Å². The fraction of sp³-hybridized carbons (Fsp3) is 0.276. The molecule has 0 radical (unpaired) electrons. The number of hydrogen-bond acceptors (Lipinski definition) is 3. The Morgan fingerprint density at radius 2 is 1.82 bits per heavy atom. The number of fused-ring (bicyclic) bond motifs is 2. The Hall–Kier alpha value is -3.44. The number of halogens is 1. The van der Waals surface area contributed by atoms with Crippen LogP contribution < -0.4 is 4.74 Å². The van der Waals surface area contributed by atoms with Gasteiger partial charge in [0, 0.05) is 37.3 Å². The molecule has 0 atom stereocenters. The van der Waals surface area contributed by atoms with E-state index in [1.807, 2.05) is 4.52 Å². The smallest absolute Gasteiger partial charge is 0.119 e. The summed E-state index contributed by atoms with van der Waals surface area (Å²) in [4.78, 5) is 2.26. The molecular formula is C29H28FN3O. The van der Waals surface area contributed by atoms with Crippen LogP contribution in [0.1, 0.15) is 34.4 Å². The van der Waals surface area contributed by atoms with Crippen LogP contribution in [0.15, 0.2) is 72.9 Å². The molecule has 0 unspecified atom stereocenters. The molecule has 5 heteroatoms. The van der Waals surface area contributed by atoms with Crippen molar-refractivity contribution >= 4 is 16.7 Å². The second kappa shape index (κ2) is 8.73. The van der Waals surface area contributed by atoms with Crippen LogP contribution in [0.25, 0.3) is 16.7 Å². The molecular weight excluding hydrogens is 425 g/mol. The van der Waals surface area contributed by atoms with Gasteiger partial charge in [0.1, 0.15) is 5.75 Å². The van der Waals surface area contributed by atoms with Gasteiger partial charge in [0.25, 0.3) is 0 Å². The molecule has 0 amide bonds. The molecule has 0 bridgehead atoms. The number of likely N-dealkylation sites (tertiary alicyclic amines) is 1. The molecule has 172 valence electrons. The molecule has 6 rings (SSSR count). The van der Waals surface area contributed by atoms with E-state index >= 15 is 0 Å². The lowest BCUT2D eigenvalue weighted by Gasteiger charge is -2.37. The van der Waals surface area contributed by atoms with E-state index < -0.39 is 0 Å². The minimum Gasteiger partial charge on any atom is -0.497 e. The third kappa shape index (κ3) is 3.80. The third-order valence-electron chi connectivity index (χ3n) is 7.09. The predicted molar refractivity (Wildman–Crippen MR) is 134 cm³/mol. The Morgan fingerprint density at radius 1 is 0.971 bits per heavy atom. The average Bonchev–Trinajstić information content (AvgIpc) is 3.27. The summed E-state index contributed by atoms with van der Waals surface area (Å²) in [6.45, 7) is 2.19. The van der Waals surface area contributed by atoms with Gasteiger partial charge in [0.05, 0.1) is 25.0 Å². The van der Waals surface area contributed by atoms with Crippen LogP contribution in [0, 0.1) is 5.92 Å². The van der Waals surface area contributed by atoms with Gasteiger partial charge in [-0.2, -0.15) is 5.10 Å². The minimum atomic E-state index is -0.225. The van der Waals surface area contributed by atoms with Crippen molar-refractivity contribution in [2.75, 3.05) is 26.9 Å². The Bertz CT molecular complexity index is 1370. The quantitative estimate of drug-likeness (QED) is 0.378. The summed E-state index contributed by atoms with van der Waals surface area (Å²) in [6, 6.07) is 23.6. The van der Waals surface area contributed by atoms with Crippen LogP contribution >= 0.6 is 0 Å². The van der Waals surface area contributed by atoms with E-state index in [9.17, 15) is 4.39 Å². The van der Waals surface area contributed by atoms with E-state index in [1.165, 1.54) is 27.8 Å². The maximum absolute atomic E-state index is 12.8. The molecule has 0 spiro atoms. The van der Waals surface area contributed by atoms with Crippen LogP contribution in [0.3, 0.4) is 0 Å². The van der Waals surface area contributed by atoms with Crippen molar-refractivity contribution in [2.45, 2.75) is 19.4 Å². The fourth-order valence-electron chi connectivity index (χ4n) is 5.35. The molecule has 2 aromatic carbocycles. The normalized spacial score (nSPS) is 16.5.